The van der Waals surface area contributed by atoms with Gasteiger partial charge in [0.1, 0.15) is 11.5 Å². The van der Waals surface area contributed by atoms with Crippen LogP contribution in [0.3, 0.4) is 0 Å². The summed E-state index contributed by atoms with van der Waals surface area (Å²) in [5.74, 6) is -0.761. The largest absolute Gasteiger partial charge is 0.494 e. The third-order valence-electron chi connectivity index (χ3n) is 6.96. The minimum atomic E-state index is -1.02. The second-order valence-electron chi connectivity index (χ2n) is 10.5. The van der Waals surface area contributed by atoms with Crippen LogP contribution in [0.1, 0.15) is 90.1 Å². The molecule has 0 fully saturated rings. The zero-order valence-corrected chi connectivity index (χ0v) is 25.3. The number of benzene rings is 3. The van der Waals surface area contributed by atoms with Gasteiger partial charge in [0.15, 0.2) is 0 Å². The highest BCUT2D eigenvalue weighted by atomic mass is 16.5. The summed E-state index contributed by atoms with van der Waals surface area (Å²) in [6.07, 6.45) is 11.0. The molecule has 0 aliphatic rings. The first kappa shape index (κ1) is 33.7. The molecule has 9 heteroatoms. The fourth-order valence-corrected chi connectivity index (χ4v) is 4.53. The molecular formula is C35H42N2O7. The van der Waals surface area contributed by atoms with E-state index < -0.39 is 17.9 Å². The first-order chi connectivity index (χ1) is 21.3. The SMILES string of the molecule is CCCCOc1ccc(OC(=O)/C=C/c2ccc(C(=O)OCCCCCCCCc3c(N)cc(N)cc3C(=O)O)cc2)cc1. The number of esters is 2. The monoisotopic (exact) mass is 602 g/mol. The molecule has 3 rings (SSSR count). The van der Waals surface area contributed by atoms with E-state index in [4.69, 9.17) is 25.7 Å². The van der Waals surface area contributed by atoms with Crippen molar-refractivity contribution in [3.05, 3.63) is 89.0 Å². The molecule has 0 saturated carbocycles. The fraction of sp³-hybridized carbons (Fsp3) is 0.343. The number of carboxylic acid groups (broad SMARTS) is 1. The lowest BCUT2D eigenvalue weighted by Crippen LogP contribution is -2.07. The maximum atomic E-state index is 12.4. The van der Waals surface area contributed by atoms with Gasteiger partial charge in [0, 0.05) is 17.5 Å². The quantitative estimate of drug-likeness (QED) is 0.0456. The average molecular weight is 603 g/mol. The predicted molar refractivity (Wildman–Crippen MR) is 172 cm³/mol. The average Bonchev–Trinajstić information content (AvgIpc) is 3.01. The van der Waals surface area contributed by atoms with E-state index in [0.29, 0.717) is 47.9 Å². The summed E-state index contributed by atoms with van der Waals surface area (Å²) in [4.78, 5) is 36.0. The molecule has 0 amide bonds. The van der Waals surface area contributed by atoms with Gasteiger partial charge in [-0.15, -0.1) is 0 Å². The van der Waals surface area contributed by atoms with Gasteiger partial charge in [0.05, 0.1) is 24.3 Å². The Bertz CT molecular complexity index is 1400. The van der Waals surface area contributed by atoms with Crippen molar-refractivity contribution < 1.29 is 33.7 Å². The summed E-state index contributed by atoms with van der Waals surface area (Å²) >= 11 is 0. The minimum absolute atomic E-state index is 0.168. The van der Waals surface area contributed by atoms with Crippen molar-refractivity contribution in [1.82, 2.24) is 0 Å². The van der Waals surface area contributed by atoms with Gasteiger partial charge in [-0.2, -0.15) is 0 Å². The Kier molecular flexibility index (Phi) is 13.8. The van der Waals surface area contributed by atoms with E-state index in [0.717, 1.165) is 62.7 Å². The van der Waals surface area contributed by atoms with Gasteiger partial charge in [-0.3, -0.25) is 0 Å². The van der Waals surface area contributed by atoms with Crippen LogP contribution in [0.15, 0.2) is 66.7 Å². The van der Waals surface area contributed by atoms with Crippen LogP contribution in [0.5, 0.6) is 11.5 Å². The van der Waals surface area contributed by atoms with Crippen LogP contribution in [0.2, 0.25) is 0 Å². The van der Waals surface area contributed by atoms with Crippen molar-refractivity contribution in [2.45, 2.75) is 64.7 Å². The van der Waals surface area contributed by atoms with Gasteiger partial charge in [-0.25, -0.2) is 14.4 Å². The molecule has 44 heavy (non-hydrogen) atoms. The van der Waals surface area contributed by atoms with Crippen molar-refractivity contribution in [3.8, 4) is 11.5 Å². The number of anilines is 2. The Morgan fingerprint density at radius 1 is 0.795 bits per heavy atom. The smallest absolute Gasteiger partial charge is 0.338 e. The number of unbranched alkanes of at least 4 members (excludes halogenated alkanes) is 6. The molecule has 0 spiro atoms. The molecule has 3 aromatic carbocycles. The molecule has 0 unspecified atom stereocenters. The van der Waals surface area contributed by atoms with Crippen LogP contribution in [0.4, 0.5) is 11.4 Å². The van der Waals surface area contributed by atoms with Crippen LogP contribution < -0.4 is 20.9 Å². The third-order valence-corrected chi connectivity index (χ3v) is 6.96. The lowest BCUT2D eigenvalue weighted by molar-refractivity contribution is -0.128. The molecule has 0 aliphatic carbocycles. The Hall–Kier alpha value is -4.79. The van der Waals surface area contributed by atoms with E-state index in [1.807, 2.05) is 0 Å². The summed E-state index contributed by atoms with van der Waals surface area (Å²) in [6, 6.07) is 16.8. The molecular weight excluding hydrogens is 560 g/mol. The number of aromatic carboxylic acids is 1. The normalized spacial score (nSPS) is 10.9. The Labute approximate surface area is 258 Å². The molecule has 0 aromatic heterocycles. The van der Waals surface area contributed by atoms with Gasteiger partial charge < -0.3 is 30.8 Å². The van der Waals surface area contributed by atoms with Crippen LogP contribution in [0.25, 0.3) is 6.08 Å². The first-order valence-corrected chi connectivity index (χ1v) is 15.1. The second-order valence-corrected chi connectivity index (χ2v) is 10.5. The van der Waals surface area contributed by atoms with E-state index in [9.17, 15) is 19.5 Å². The Morgan fingerprint density at radius 2 is 1.45 bits per heavy atom. The number of nitrogens with two attached hydrogens (primary N) is 2. The van der Waals surface area contributed by atoms with Crippen molar-refractivity contribution in [1.29, 1.82) is 0 Å². The zero-order valence-electron chi connectivity index (χ0n) is 25.3. The van der Waals surface area contributed by atoms with Gasteiger partial charge in [-0.05, 0) is 91.4 Å². The summed E-state index contributed by atoms with van der Waals surface area (Å²) in [5.41, 5.74) is 14.5. The number of nitrogen functional groups attached to an aromatic ring is 2. The van der Waals surface area contributed by atoms with Gasteiger partial charge >= 0.3 is 17.9 Å². The van der Waals surface area contributed by atoms with Gasteiger partial charge in [0.25, 0.3) is 0 Å². The molecule has 0 radical (unpaired) electrons. The maximum Gasteiger partial charge on any atom is 0.338 e. The Morgan fingerprint density at radius 3 is 2.14 bits per heavy atom. The Balaban J connectivity index is 1.29. The van der Waals surface area contributed by atoms with Crippen LogP contribution in [-0.4, -0.2) is 36.2 Å². The molecule has 0 heterocycles. The highest BCUT2D eigenvalue weighted by molar-refractivity contribution is 5.93. The molecule has 0 saturated heterocycles. The molecule has 5 N–H and O–H groups in total. The first-order valence-electron chi connectivity index (χ1n) is 15.1. The standard InChI is InChI=1S/C35H42N2O7/c1-2-3-21-42-28-16-18-29(19-17-28)44-33(38)20-13-25-11-14-26(15-12-25)35(41)43-22-9-7-5-4-6-8-10-30-31(34(39)40)23-27(36)24-32(30)37/h11-20,23-24H,2-10,21-22,36-37H2,1H3,(H,39,40)/b20-13+. The van der Waals surface area contributed by atoms with Crippen molar-refractivity contribution in [2.75, 3.05) is 24.7 Å². The molecule has 9 nitrogen and oxygen atoms in total. The number of carbonyl (C=O) groups excluding carboxylic acids is 2. The van der Waals surface area contributed by atoms with E-state index in [-0.39, 0.29) is 5.56 Å². The van der Waals surface area contributed by atoms with E-state index in [1.165, 1.54) is 12.1 Å². The summed E-state index contributed by atoms with van der Waals surface area (Å²) in [5, 5.41) is 9.40. The molecule has 0 atom stereocenters. The number of carboxylic acids is 1. The lowest BCUT2D eigenvalue weighted by atomic mass is 9.98. The third kappa shape index (κ3) is 11.5. The number of ether oxygens (including phenoxy) is 3. The van der Waals surface area contributed by atoms with E-state index >= 15 is 0 Å². The van der Waals surface area contributed by atoms with Crippen LogP contribution in [0, 0.1) is 0 Å². The fourth-order valence-electron chi connectivity index (χ4n) is 4.53. The number of rotatable bonds is 18. The number of carbonyl (C=O) groups is 3. The highest BCUT2D eigenvalue weighted by Crippen LogP contribution is 2.24. The minimum Gasteiger partial charge on any atom is -0.494 e. The molecule has 234 valence electrons. The number of hydrogen-bond donors (Lipinski definition) is 3. The van der Waals surface area contributed by atoms with Crippen LogP contribution in [-0.2, 0) is 16.0 Å². The van der Waals surface area contributed by atoms with Crippen molar-refractivity contribution in [3.63, 3.8) is 0 Å². The lowest BCUT2D eigenvalue weighted by Gasteiger charge is -2.11. The molecule has 0 bridgehead atoms. The summed E-state index contributed by atoms with van der Waals surface area (Å²) in [6.45, 7) is 3.09. The highest BCUT2D eigenvalue weighted by Gasteiger charge is 2.14. The summed E-state index contributed by atoms with van der Waals surface area (Å²) < 4.78 is 16.3. The van der Waals surface area contributed by atoms with Gasteiger partial charge in [-0.1, -0.05) is 51.2 Å². The summed E-state index contributed by atoms with van der Waals surface area (Å²) in [7, 11) is 0. The predicted octanol–water partition coefficient (Wildman–Crippen LogP) is 7.09. The second kappa shape index (κ2) is 18.0. The van der Waals surface area contributed by atoms with E-state index in [1.54, 1.807) is 60.7 Å². The van der Waals surface area contributed by atoms with Crippen molar-refractivity contribution in [2.24, 2.45) is 0 Å². The van der Waals surface area contributed by atoms with Gasteiger partial charge in [0.2, 0.25) is 0 Å². The zero-order chi connectivity index (χ0) is 31.7. The maximum absolute atomic E-state index is 12.4. The van der Waals surface area contributed by atoms with E-state index in [2.05, 4.69) is 6.92 Å². The van der Waals surface area contributed by atoms with Crippen LogP contribution >= 0.6 is 0 Å². The molecule has 3 aromatic rings. The van der Waals surface area contributed by atoms with Crippen molar-refractivity contribution >= 4 is 35.4 Å². The topological polar surface area (TPSA) is 151 Å². The number of hydrogen-bond acceptors (Lipinski definition) is 8. The molecule has 0 aliphatic heterocycles.